The van der Waals surface area contributed by atoms with Gasteiger partial charge in [0.1, 0.15) is 0 Å². The summed E-state index contributed by atoms with van der Waals surface area (Å²) in [7, 11) is 2.87. The molecule has 0 unspecified atom stereocenters. The van der Waals surface area contributed by atoms with E-state index in [1.807, 2.05) is 5.43 Å². The molecule has 0 atom stereocenters. The zero-order valence-electron chi connectivity index (χ0n) is 10.2. The highest BCUT2D eigenvalue weighted by molar-refractivity contribution is 8.14. The first-order chi connectivity index (χ1) is 8.95. The van der Waals surface area contributed by atoms with Crippen LogP contribution in [0.5, 0.6) is 0 Å². The fraction of sp³-hybridized carbons (Fsp3) is 0.333. The van der Waals surface area contributed by atoms with E-state index in [9.17, 15) is 14.4 Å². The summed E-state index contributed by atoms with van der Waals surface area (Å²) in [4.78, 5) is 43.6. The van der Waals surface area contributed by atoms with Crippen LogP contribution in [0.2, 0.25) is 0 Å². The Bertz CT molecular complexity index is 579. The summed E-state index contributed by atoms with van der Waals surface area (Å²) in [6, 6.07) is -0.478. The Kier molecular flexibility index (Phi) is 3.44. The van der Waals surface area contributed by atoms with Gasteiger partial charge in [0.25, 0.3) is 5.17 Å². The number of aliphatic imine (C=N–C) groups is 2. The number of nitrogens with one attached hydrogen (secondary N) is 1. The van der Waals surface area contributed by atoms with Gasteiger partial charge in [-0.25, -0.2) is 15.4 Å². The molecule has 2 rings (SSSR count). The number of imide groups is 1. The van der Waals surface area contributed by atoms with Crippen LogP contribution in [0.15, 0.2) is 9.98 Å². The summed E-state index contributed by atoms with van der Waals surface area (Å²) < 4.78 is 1.23. The Labute approximate surface area is 112 Å². The number of fused-ring (bicyclic) bond motifs is 1. The third-order valence-corrected chi connectivity index (χ3v) is 3.36. The number of amidine groups is 2. The van der Waals surface area contributed by atoms with Crippen LogP contribution < -0.4 is 11.3 Å². The first-order valence-corrected chi connectivity index (χ1v) is 6.17. The van der Waals surface area contributed by atoms with Crippen LogP contribution in [0.3, 0.4) is 0 Å². The van der Waals surface area contributed by atoms with Crippen molar-refractivity contribution < 1.29 is 19.0 Å². The second-order valence-electron chi connectivity index (χ2n) is 3.74. The molecule has 100 valence electrons. The molecule has 0 aromatic carbocycles. The third kappa shape index (κ3) is 2.27. The standard InChI is InChI=1S/C9H10N6O3S/c1-14-6-5(7(17)15(2)9(14)18)11-8(12-6)19-3-4(16)13-10/h10H,3H2,1-2H3,(H,11,12,17)/p+1. The number of nitrogens with two attached hydrogens (primary N) is 1. The van der Waals surface area contributed by atoms with Gasteiger partial charge in [0.05, 0.1) is 19.8 Å². The average Bonchev–Trinajstić information content (AvgIpc) is 2.84. The van der Waals surface area contributed by atoms with Crippen LogP contribution in [0.25, 0.3) is 0 Å². The number of carbonyl (C=O) groups is 3. The summed E-state index contributed by atoms with van der Waals surface area (Å²) in [6.07, 6.45) is 0. The molecule has 0 aromatic rings. The van der Waals surface area contributed by atoms with E-state index >= 15 is 0 Å². The molecule has 0 saturated carbocycles. The predicted molar refractivity (Wildman–Crippen MR) is 69.0 cm³/mol. The number of hydrogen-bond acceptors (Lipinski definition) is 7. The minimum Gasteiger partial charge on any atom is -0.294 e. The van der Waals surface area contributed by atoms with Crippen molar-refractivity contribution in [2.24, 2.45) is 15.8 Å². The summed E-state index contributed by atoms with van der Waals surface area (Å²) >= 11 is 1.03. The molecule has 0 aromatic heterocycles. The van der Waals surface area contributed by atoms with E-state index in [4.69, 9.17) is 5.84 Å². The minimum absolute atomic E-state index is 0.0289. The lowest BCUT2D eigenvalue weighted by Gasteiger charge is -2.15. The van der Waals surface area contributed by atoms with E-state index in [1.165, 1.54) is 18.7 Å². The van der Waals surface area contributed by atoms with E-state index in [0.717, 1.165) is 16.7 Å². The molecule has 3 N–H and O–H groups in total. The van der Waals surface area contributed by atoms with Crippen molar-refractivity contribution in [1.82, 2.24) is 10.3 Å². The minimum atomic E-state index is -0.513. The highest BCUT2D eigenvalue weighted by Gasteiger charge is 2.44. The van der Waals surface area contributed by atoms with Crippen molar-refractivity contribution in [2.75, 3.05) is 19.8 Å². The van der Waals surface area contributed by atoms with Crippen LogP contribution in [0, 0.1) is 0 Å². The molecule has 0 aliphatic carbocycles. The molecule has 10 heteroatoms. The lowest BCUT2D eigenvalue weighted by Crippen LogP contribution is -2.51. The number of nitrogens with zero attached hydrogens (tertiary/aromatic N) is 4. The molecular weight excluding hydrogens is 272 g/mol. The van der Waals surface area contributed by atoms with Gasteiger partial charge in [-0.05, 0) is 0 Å². The fourth-order valence-electron chi connectivity index (χ4n) is 1.49. The van der Waals surface area contributed by atoms with E-state index in [0.29, 0.717) is 0 Å². The molecule has 2 heterocycles. The largest absolute Gasteiger partial charge is 0.446 e. The first-order valence-electron chi connectivity index (χ1n) is 5.18. The Morgan fingerprint density at radius 3 is 2.79 bits per heavy atom. The van der Waals surface area contributed by atoms with E-state index < -0.39 is 11.9 Å². The third-order valence-electron chi connectivity index (χ3n) is 2.51. The molecular formula is C9H11N6O3S+. The molecule has 9 nitrogen and oxygen atoms in total. The lowest BCUT2D eigenvalue weighted by molar-refractivity contribution is -0.401. The monoisotopic (exact) mass is 283 g/mol. The highest BCUT2D eigenvalue weighted by Crippen LogP contribution is 2.16. The first kappa shape index (κ1) is 13.4. The molecule has 2 aliphatic rings. The summed E-state index contributed by atoms with van der Waals surface area (Å²) in [5.41, 5.74) is 2.07. The molecule has 4 amide bonds. The maximum absolute atomic E-state index is 11.8. The molecule has 19 heavy (non-hydrogen) atoms. The maximum atomic E-state index is 11.8. The summed E-state index contributed by atoms with van der Waals surface area (Å²) in [5, 5.41) is 0.247. The van der Waals surface area contributed by atoms with Gasteiger partial charge in [0.15, 0.2) is 0 Å². The number of carbonyl (C=O) groups excluding carboxylic acids is 3. The SMILES string of the molecule is CN1C(=O)C2=NC(SCC(=O)NN)=NC2=[N+](C)C1=O. The van der Waals surface area contributed by atoms with Crippen molar-refractivity contribution in [2.45, 2.75) is 0 Å². The summed E-state index contributed by atoms with van der Waals surface area (Å²) in [5.74, 6) is 4.27. The zero-order chi connectivity index (χ0) is 14.2. The van der Waals surface area contributed by atoms with Crippen molar-refractivity contribution >= 4 is 46.3 Å². The van der Waals surface area contributed by atoms with E-state index in [2.05, 4.69) is 9.98 Å². The highest BCUT2D eigenvalue weighted by atomic mass is 32.2. The summed E-state index contributed by atoms with van der Waals surface area (Å²) in [6.45, 7) is 0. The number of hydrogen-bond donors (Lipinski definition) is 2. The fourth-order valence-corrected chi connectivity index (χ4v) is 2.14. The Morgan fingerprint density at radius 1 is 1.47 bits per heavy atom. The second kappa shape index (κ2) is 4.90. The van der Waals surface area contributed by atoms with Crippen molar-refractivity contribution in [3.63, 3.8) is 0 Å². The van der Waals surface area contributed by atoms with Crippen LogP contribution in [0.1, 0.15) is 0 Å². The molecule has 0 spiro atoms. The Balaban J connectivity index is 2.26. The Hall–Kier alpha value is -2.07. The van der Waals surface area contributed by atoms with Gasteiger partial charge in [-0.15, -0.1) is 0 Å². The smallest absolute Gasteiger partial charge is 0.294 e. The number of amides is 4. The Morgan fingerprint density at radius 2 is 2.16 bits per heavy atom. The van der Waals surface area contributed by atoms with Crippen LogP contribution >= 0.6 is 11.8 Å². The normalized spacial score (nSPS) is 18.4. The van der Waals surface area contributed by atoms with E-state index in [-0.39, 0.29) is 28.4 Å². The van der Waals surface area contributed by atoms with Gasteiger partial charge >= 0.3 is 17.8 Å². The number of urea groups is 1. The molecule has 0 saturated heterocycles. The van der Waals surface area contributed by atoms with Gasteiger partial charge < -0.3 is 0 Å². The van der Waals surface area contributed by atoms with Gasteiger partial charge in [0, 0.05) is 0 Å². The number of hydrazine groups is 1. The van der Waals surface area contributed by atoms with Crippen molar-refractivity contribution in [3.05, 3.63) is 0 Å². The number of rotatable bonds is 2. The van der Waals surface area contributed by atoms with Gasteiger partial charge in [0.2, 0.25) is 11.6 Å². The van der Waals surface area contributed by atoms with Crippen molar-refractivity contribution in [3.8, 4) is 0 Å². The average molecular weight is 283 g/mol. The maximum Gasteiger partial charge on any atom is 0.446 e. The zero-order valence-corrected chi connectivity index (χ0v) is 11.0. The number of thioether (sulfide) groups is 1. The second-order valence-corrected chi connectivity index (χ2v) is 4.68. The van der Waals surface area contributed by atoms with Gasteiger partial charge in [-0.2, -0.15) is 14.5 Å². The predicted octanol–water partition coefficient (Wildman–Crippen LogP) is -1.85. The van der Waals surface area contributed by atoms with Crippen LogP contribution in [-0.4, -0.2) is 63.9 Å². The van der Waals surface area contributed by atoms with Crippen molar-refractivity contribution in [1.29, 1.82) is 0 Å². The molecule has 2 aliphatic heterocycles. The van der Waals surface area contributed by atoms with Crippen LogP contribution in [0.4, 0.5) is 4.79 Å². The quantitative estimate of drug-likeness (QED) is 0.267. The molecule has 0 bridgehead atoms. The molecule has 0 radical (unpaired) electrons. The van der Waals surface area contributed by atoms with Gasteiger partial charge in [-0.3, -0.25) is 10.2 Å². The van der Waals surface area contributed by atoms with E-state index in [1.54, 1.807) is 0 Å². The van der Waals surface area contributed by atoms with Crippen LogP contribution in [-0.2, 0) is 9.59 Å². The molecule has 0 fully saturated rings. The lowest BCUT2D eigenvalue weighted by atomic mass is 10.2. The van der Waals surface area contributed by atoms with Gasteiger partial charge in [-0.1, -0.05) is 16.8 Å². The topological polar surface area (TPSA) is 120 Å².